The number of halogens is 1. The largest absolute Gasteiger partial charge is 0.396 e. The number of sulfone groups is 1. The Bertz CT molecular complexity index is 445. The van der Waals surface area contributed by atoms with Crippen molar-refractivity contribution in [2.24, 2.45) is 0 Å². The number of hydrogen-bond acceptors (Lipinski definition) is 4. The van der Waals surface area contributed by atoms with Crippen LogP contribution in [0.15, 0.2) is 23.1 Å². The smallest absolute Gasteiger partial charge is 0.202 e. The van der Waals surface area contributed by atoms with E-state index in [2.05, 4.69) is 0 Å². The molecule has 1 aromatic rings. The van der Waals surface area contributed by atoms with Crippen LogP contribution in [-0.2, 0) is 14.6 Å². The highest BCUT2D eigenvalue weighted by Crippen LogP contribution is 2.17. The third-order valence-electron chi connectivity index (χ3n) is 1.77. The molecule has 1 rings (SSSR count). The summed E-state index contributed by atoms with van der Waals surface area (Å²) in [5, 5.41) is 0. The molecule has 0 bridgehead atoms. The molecule has 0 amide bonds. The van der Waals surface area contributed by atoms with Crippen molar-refractivity contribution in [1.29, 1.82) is 0 Å². The highest BCUT2D eigenvalue weighted by atomic mass is 32.2. The molecule has 0 spiro atoms. The van der Waals surface area contributed by atoms with Crippen molar-refractivity contribution >= 4 is 15.5 Å². The van der Waals surface area contributed by atoms with E-state index in [9.17, 15) is 12.8 Å². The lowest BCUT2D eigenvalue weighted by atomic mass is 10.3. The summed E-state index contributed by atoms with van der Waals surface area (Å²) in [6.07, 6.45) is 0. The molecule has 4 nitrogen and oxygen atoms in total. The van der Waals surface area contributed by atoms with E-state index in [4.69, 9.17) is 10.5 Å². The lowest BCUT2D eigenvalue weighted by Gasteiger charge is -2.05. The number of rotatable bonds is 4. The zero-order chi connectivity index (χ0) is 11.5. The zero-order valence-electron chi connectivity index (χ0n) is 8.23. The van der Waals surface area contributed by atoms with Crippen molar-refractivity contribution in [3.05, 3.63) is 24.0 Å². The number of benzene rings is 1. The molecule has 15 heavy (non-hydrogen) atoms. The second-order valence-corrected chi connectivity index (χ2v) is 4.85. The Labute approximate surface area is 87.8 Å². The number of hydrogen-bond donors (Lipinski definition) is 1. The van der Waals surface area contributed by atoms with E-state index < -0.39 is 21.6 Å². The third-order valence-corrected chi connectivity index (χ3v) is 3.22. The number of nitrogens with two attached hydrogens (primary N) is 1. The molecule has 6 heteroatoms. The number of nitrogen functional groups attached to an aromatic ring is 1. The summed E-state index contributed by atoms with van der Waals surface area (Å²) in [6.45, 7) is 1.97. The molecule has 84 valence electrons. The van der Waals surface area contributed by atoms with Gasteiger partial charge in [-0.05, 0) is 25.1 Å². The van der Waals surface area contributed by atoms with Gasteiger partial charge in [-0.2, -0.15) is 0 Å². The maximum atomic E-state index is 13.0. The van der Waals surface area contributed by atoms with Crippen LogP contribution in [0.25, 0.3) is 0 Å². The Morgan fingerprint density at radius 1 is 1.47 bits per heavy atom. The van der Waals surface area contributed by atoms with Crippen molar-refractivity contribution < 1.29 is 17.5 Å². The van der Waals surface area contributed by atoms with E-state index in [1.165, 1.54) is 12.1 Å². The second-order valence-electron chi connectivity index (χ2n) is 2.91. The summed E-state index contributed by atoms with van der Waals surface area (Å²) in [5.74, 6) is -1.19. The van der Waals surface area contributed by atoms with Crippen molar-refractivity contribution in [1.82, 2.24) is 0 Å². The summed E-state index contributed by atoms with van der Waals surface area (Å²) in [4.78, 5) is -0.123. The van der Waals surface area contributed by atoms with Gasteiger partial charge < -0.3 is 10.5 Å². The highest BCUT2D eigenvalue weighted by molar-refractivity contribution is 7.91. The van der Waals surface area contributed by atoms with Gasteiger partial charge in [0.1, 0.15) is 5.82 Å². The fourth-order valence-corrected chi connectivity index (χ4v) is 2.04. The van der Waals surface area contributed by atoms with Crippen LogP contribution < -0.4 is 5.73 Å². The summed E-state index contributed by atoms with van der Waals surface area (Å²) in [5.41, 5.74) is 5.15. The molecular formula is C9H12FNO3S. The second kappa shape index (κ2) is 4.59. The van der Waals surface area contributed by atoms with Crippen molar-refractivity contribution in [3.8, 4) is 0 Å². The first-order valence-electron chi connectivity index (χ1n) is 4.33. The van der Waals surface area contributed by atoms with Crippen LogP contribution in [0.4, 0.5) is 10.1 Å². The molecule has 0 unspecified atom stereocenters. The molecular weight excluding hydrogens is 221 g/mol. The normalized spacial score (nSPS) is 11.6. The van der Waals surface area contributed by atoms with Gasteiger partial charge in [0, 0.05) is 6.61 Å². The molecule has 0 aliphatic rings. The quantitative estimate of drug-likeness (QED) is 0.793. The monoisotopic (exact) mass is 233 g/mol. The average molecular weight is 233 g/mol. The lowest BCUT2D eigenvalue weighted by Crippen LogP contribution is -2.10. The molecule has 2 N–H and O–H groups in total. The van der Waals surface area contributed by atoms with E-state index >= 15 is 0 Å². The van der Waals surface area contributed by atoms with E-state index in [1.807, 2.05) is 0 Å². The molecule has 0 saturated carbocycles. The average Bonchev–Trinajstić information content (AvgIpc) is 2.19. The van der Waals surface area contributed by atoms with Gasteiger partial charge >= 0.3 is 0 Å². The van der Waals surface area contributed by atoms with Crippen LogP contribution in [0.1, 0.15) is 6.92 Å². The van der Waals surface area contributed by atoms with Crippen molar-refractivity contribution in [2.45, 2.75) is 11.8 Å². The molecule has 1 aromatic carbocycles. The number of ether oxygens (including phenoxy) is 1. The molecule has 0 saturated heterocycles. The SMILES string of the molecule is CCOCS(=O)(=O)c1ccc(N)c(F)c1. The Morgan fingerprint density at radius 3 is 2.67 bits per heavy atom. The minimum Gasteiger partial charge on any atom is -0.396 e. The molecule has 0 heterocycles. The summed E-state index contributed by atoms with van der Waals surface area (Å²) < 4.78 is 40.8. The predicted octanol–water partition coefficient (Wildman–Crippen LogP) is 1.18. The first-order valence-corrected chi connectivity index (χ1v) is 5.98. The zero-order valence-corrected chi connectivity index (χ0v) is 9.05. The van der Waals surface area contributed by atoms with Crippen LogP contribution in [0.5, 0.6) is 0 Å². The minimum absolute atomic E-state index is 0.0784. The van der Waals surface area contributed by atoms with E-state index in [1.54, 1.807) is 6.92 Å². The van der Waals surface area contributed by atoms with Crippen molar-refractivity contribution in [3.63, 3.8) is 0 Å². The van der Waals surface area contributed by atoms with Gasteiger partial charge in [-0.3, -0.25) is 0 Å². The summed E-state index contributed by atoms with van der Waals surface area (Å²) >= 11 is 0. The Balaban J connectivity index is 3.00. The maximum absolute atomic E-state index is 13.0. The summed E-state index contributed by atoms with van der Waals surface area (Å²) in [7, 11) is -3.58. The van der Waals surface area contributed by atoms with Gasteiger partial charge in [0.2, 0.25) is 9.84 Å². The fourth-order valence-electron chi connectivity index (χ4n) is 0.962. The Morgan fingerprint density at radius 2 is 2.13 bits per heavy atom. The van der Waals surface area contributed by atoms with Gasteiger partial charge in [-0.25, -0.2) is 12.8 Å². The molecule has 0 aromatic heterocycles. The lowest BCUT2D eigenvalue weighted by molar-refractivity contribution is 0.192. The van der Waals surface area contributed by atoms with Gasteiger partial charge in [-0.15, -0.1) is 0 Å². The molecule has 0 aliphatic heterocycles. The van der Waals surface area contributed by atoms with Gasteiger partial charge in [0.25, 0.3) is 0 Å². The molecule has 0 atom stereocenters. The first kappa shape index (κ1) is 11.9. The molecule has 0 radical (unpaired) electrons. The Hall–Kier alpha value is -1.14. The summed E-state index contributed by atoms with van der Waals surface area (Å²) in [6, 6.07) is 3.37. The van der Waals surface area contributed by atoms with E-state index in [-0.39, 0.29) is 17.2 Å². The van der Waals surface area contributed by atoms with Gasteiger partial charge in [0.05, 0.1) is 10.6 Å². The molecule has 0 aliphatic carbocycles. The minimum atomic E-state index is -3.58. The van der Waals surface area contributed by atoms with Crippen LogP contribution in [0.2, 0.25) is 0 Å². The van der Waals surface area contributed by atoms with Gasteiger partial charge in [-0.1, -0.05) is 0 Å². The van der Waals surface area contributed by atoms with Crippen LogP contribution >= 0.6 is 0 Å². The standard InChI is InChI=1S/C9H12FNO3S/c1-2-14-6-15(12,13)7-3-4-9(11)8(10)5-7/h3-5H,2,6,11H2,1H3. The van der Waals surface area contributed by atoms with Crippen LogP contribution in [-0.4, -0.2) is 21.0 Å². The van der Waals surface area contributed by atoms with E-state index in [0.717, 1.165) is 6.07 Å². The fraction of sp³-hybridized carbons (Fsp3) is 0.333. The van der Waals surface area contributed by atoms with Crippen LogP contribution in [0.3, 0.4) is 0 Å². The van der Waals surface area contributed by atoms with Gasteiger partial charge in [0.15, 0.2) is 5.94 Å². The maximum Gasteiger partial charge on any atom is 0.202 e. The van der Waals surface area contributed by atoms with E-state index in [0.29, 0.717) is 0 Å². The topological polar surface area (TPSA) is 69.4 Å². The number of anilines is 1. The third kappa shape index (κ3) is 2.90. The highest BCUT2D eigenvalue weighted by Gasteiger charge is 2.15. The van der Waals surface area contributed by atoms with Crippen LogP contribution in [0, 0.1) is 5.82 Å². The first-order chi connectivity index (χ1) is 6.97. The predicted molar refractivity (Wildman–Crippen MR) is 54.5 cm³/mol. The van der Waals surface area contributed by atoms with Crippen molar-refractivity contribution in [2.75, 3.05) is 18.3 Å². The molecule has 0 fully saturated rings. The Kier molecular flexibility index (Phi) is 3.65.